The van der Waals surface area contributed by atoms with Crippen LogP contribution in [0.5, 0.6) is 0 Å². The largest absolute Gasteiger partial charge is 0.464 e. The van der Waals surface area contributed by atoms with Crippen LogP contribution >= 0.6 is 11.8 Å². The monoisotopic (exact) mass is 332 g/mol. The Morgan fingerprint density at radius 3 is 2.27 bits per heavy atom. The second kappa shape index (κ2) is 7.49. The van der Waals surface area contributed by atoms with Crippen molar-refractivity contribution in [3.63, 3.8) is 0 Å². The first-order valence-electron chi connectivity index (χ1n) is 6.44. The van der Waals surface area contributed by atoms with Crippen molar-refractivity contribution in [2.45, 2.75) is 29.7 Å². The van der Waals surface area contributed by atoms with Gasteiger partial charge in [0.25, 0.3) is 5.78 Å². The zero-order valence-corrected chi connectivity index (χ0v) is 12.8. The van der Waals surface area contributed by atoms with Crippen molar-refractivity contribution in [3.8, 4) is 0 Å². The van der Waals surface area contributed by atoms with Crippen LogP contribution in [0.1, 0.15) is 13.8 Å². The molecule has 1 aromatic carbocycles. The van der Waals surface area contributed by atoms with Gasteiger partial charge in [-0.05, 0) is 26.0 Å². The molecule has 22 heavy (non-hydrogen) atoms. The van der Waals surface area contributed by atoms with Gasteiger partial charge in [0.1, 0.15) is 0 Å². The highest BCUT2D eigenvalue weighted by atomic mass is 32.2. The molecule has 0 heterocycles. The van der Waals surface area contributed by atoms with Gasteiger partial charge in [-0.15, -0.1) is 0 Å². The Kier molecular flexibility index (Phi) is 6.22. The molecular formula is C15H15F3O3S. The molecule has 0 spiro atoms. The number of alkyl halides is 3. The van der Waals surface area contributed by atoms with Gasteiger partial charge in [0, 0.05) is 4.90 Å². The highest BCUT2D eigenvalue weighted by Gasteiger charge is 2.57. The minimum absolute atomic E-state index is 0.126. The molecule has 120 valence electrons. The van der Waals surface area contributed by atoms with Gasteiger partial charge in [-0.2, -0.15) is 13.2 Å². The number of Topliss-reactive ketones (excluding diaryl/α,β-unsaturated/α-hetero) is 1. The summed E-state index contributed by atoms with van der Waals surface area (Å²) in [5.41, 5.74) is 0. The number of carbonyl (C=O) groups excluding carboxylic acids is 2. The van der Waals surface area contributed by atoms with Gasteiger partial charge in [0.05, 0.1) is 6.61 Å². The van der Waals surface area contributed by atoms with E-state index in [1.54, 1.807) is 18.2 Å². The summed E-state index contributed by atoms with van der Waals surface area (Å²) in [4.78, 5) is 24.4. The predicted molar refractivity (Wildman–Crippen MR) is 77.5 cm³/mol. The van der Waals surface area contributed by atoms with Crippen molar-refractivity contribution in [2.24, 2.45) is 0 Å². The van der Waals surface area contributed by atoms with Crippen LogP contribution in [-0.4, -0.2) is 29.3 Å². The van der Waals surface area contributed by atoms with E-state index in [9.17, 15) is 22.8 Å². The van der Waals surface area contributed by atoms with Crippen LogP contribution in [-0.2, 0) is 14.3 Å². The van der Waals surface area contributed by atoms with Crippen molar-refractivity contribution < 1.29 is 27.5 Å². The van der Waals surface area contributed by atoms with Gasteiger partial charge in [0.2, 0.25) is 4.75 Å². The number of rotatable bonds is 6. The van der Waals surface area contributed by atoms with Gasteiger partial charge in [-0.3, -0.25) is 4.79 Å². The van der Waals surface area contributed by atoms with E-state index in [4.69, 9.17) is 4.74 Å². The molecule has 0 N–H and O–H groups in total. The second-order valence-corrected chi connectivity index (χ2v) is 5.52. The SMILES string of the molecule is C/C=C/C(Sc1ccccc1)(C(=O)OCC)C(=O)C(F)(F)F. The maximum absolute atomic E-state index is 13.0. The molecule has 0 amide bonds. The molecule has 0 saturated carbocycles. The average Bonchev–Trinajstić information content (AvgIpc) is 2.46. The van der Waals surface area contributed by atoms with Crippen molar-refractivity contribution in [1.82, 2.24) is 0 Å². The van der Waals surface area contributed by atoms with Crippen molar-refractivity contribution >= 4 is 23.5 Å². The minimum atomic E-state index is -5.16. The Bertz CT molecular complexity index is 555. The summed E-state index contributed by atoms with van der Waals surface area (Å²) in [6, 6.07) is 7.92. The summed E-state index contributed by atoms with van der Waals surface area (Å²) >= 11 is 0.513. The lowest BCUT2D eigenvalue weighted by atomic mass is 10.0. The number of allylic oxidation sites excluding steroid dienone is 1. The van der Waals surface area contributed by atoms with E-state index in [-0.39, 0.29) is 6.61 Å². The van der Waals surface area contributed by atoms with Crippen LogP contribution < -0.4 is 0 Å². The van der Waals surface area contributed by atoms with Gasteiger partial charge in [-0.25, -0.2) is 4.79 Å². The molecule has 0 aliphatic heterocycles. The highest BCUT2D eigenvalue weighted by Crippen LogP contribution is 2.40. The number of thioether (sulfide) groups is 1. The highest BCUT2D eigenvalue weighted by molar-refractivity contribution is 8.02. The fourth-order valence-corrected chi connectivity index (χ4v) is 2.94. The first-order chi connectivity index (χ1) is 10.3. The lowest BCUT2D eigenvalue weighted by Gasteiger charge is -2.27. The maximum Gasteiger partial charge on any atom is 0.452 e. The molecule has 1 aromatic rings. The van der Waals surface area contributed by atoms with E-state index in [2.05, 4.69) is 0 Å². The summed E-state index contributed by atoms with van der Waals surface area (Å²) < 4.78 is 41.1. The summed E-state index contributed by atoms with van der Waals surface area (Å²) in [5.74, 6) is -3.39. The van der Waals surface area contributed by atoms with Gasteiger partial charge >= 0.3 is 12.1 Å². The van der Waals surface area contributed by atoms with E-state index in [1.807, 2.05) is 0 Å². The number of ketones is 1. The van der Waals surface area contributed by atoms with Crippen molar-refractivity contribution in [2.75, 3.05) is 6.61 Å². The molecule has 0 radical (unpaired) electrons. The zero-order chi connectivity index (χ0) is 16.8. The quantitative estimate of drug-likeness (QED) is 0.344. The number of hydrogen-bond donors (Lipinski definition) is 0. The average molecular weight is 332 g/mol. The van der Waals surface area contributed by atoms with Crippen molar-refractivity contribution in [3.05, 3.63) is 42.5 Å². The Morgan fingerprint density at radius 2 is 1.82 bits per heavy atom. The first kappa shape index (κ1) is 18.3. The number of esters is 1. The first-order valence-corrected chi connectivity index (χ1v) is 7.26. The van der Waals surface area contributed by atoms with E-state index in [0.29, 0.717) is 16.7 Å². The number of hydrogen-bond acceptors (Lipinski definition) is 4. The smallest absolute Gasteiger partial charge is 0.452 e. The van der Waals surface area contributed by atoms with Crippen molar-refractivity contribution in [1.29, 1.82) is 0 Å². The Labute approximate surface area is 130 Å². The van der Waals surface area contributed by atoms with Crippen LogP contribution in [0, 0.1) is 0 Å². The van der Waals surface area contributed by atoms with Crippen LogP contribution in [0.4, 0.5) is 13.2 Å². The minimum Gasteiger partial charge on any atom is -0.464 e. The molecule has 3 nitrogen and oxygen atoms in total. The normalized spacial score (nSPS) is 14.6. The van der Waals surface area contributed by atoms with E-state index in [1.165, 1.54) is 32.1 Å². The van der Waals surface area contributed by atoms with E-state index in [0.717, 1.165) is 6.08 Å². The van der Waals surface area contributed by atoms with Gasteiger partial charge < -0.3 is 4.74 Å². The zero-order valence-electron chi connectivity index (χ0n) is 12.0. The molecule has 1 atom stereocenters. The second-order valence-electron chi connectivity index (χ2n) is 4.20. The van der Waals surface area contributed by atoms with E-state index >= 15 is 0 Å². The summed E-state index contributed by atoms with van der Waals surface area (Å²) in [6.45, 7) is 2.77. The van der Waals surface area contributed by atoms with Crippen LogP contribution in [0.15, 0.2) is 47.4 Å². The maximum atomic E-state index is 13.0. The molecule has 0 saturated heterocycles. The fourth-order valence-electron chi connectivity index (χ4n) is 1.72. The lowest BCUT2D eigenvalue weighted by molar-refractivity contribution is -0.176. The molecule has 7 heteroatoms. The van der Waals surface area contributed by atoms with Crippen LogP contribution in [0.2, 0.25) is 0 Å². The van der Waals surface area contributed by atoms with Gasteiger partial charge in [-0.1, -0.05) is 42.1 Å². The molecule has 1 rings (SSSR count). The molecule has 0 aliphatic carbocycles. The third-order valence-electron chi connectivity index (χ3n) is 2.60. The summed E-state index contributed by atoms with van der Waals surface area (Å²) in [5, 5.41) is 0. The predicted octanol–water partition coefficient (Wildman–Crippen LogP) is 3.79. The van der Waals surface area contributed by atoms with Gasteiger partial charge in [0.15, 0.2) is 0 Å². The third-order valence-corrected chi connectivity index (χ3v) is 3.91. The molecule has 1 unspecified atom stereocenters. The Balaban J connectivity index is 3.39. The summed E-state index contributed by atoms with van der Waals surface area (Å²) in [7, 11) is 0. The molecular weight excluding hydrogens is 317 g/mol. The Hall–Kier alpha value is -1.76. The van der Waals surface area contributed by atoms with Crippen LogP contribution in [0.3, 0.4) is 0 Å². The number of ether oxygens (including phenoxy) is 1. The number of benzene rings is 1. The third kappa shape index (κ3) is 4.13. The molecule has 0 fully saturated rings. The summed E-state index contributed by atoms with van der Waals surface area (Å²) in [6.07, 6.45) is -3.00. The molecule has 0 bridgehead atoms. The lowest BCUT2D eigenvalue weighted by Crippen LogP contribution is -2.49. The Morgan fingerprint density at radius 1 is 1.23 bits per heavy atom. The number of carbonyl (C=O) groups is 2. The number of halogens is 3. The molecule has 0 aliphatic rings. The van der Waals surface area contributed by atoms with Crippen LogP contribution in [0.25, 0.3) is 0 Å². The standard InChI is InChI=1S/C15H15F3O3S/c1-3-10-14(13(20)21-4-2,12(19)15(16,17)18)22-11-8-6-5-7-9-11/h3,5-10H,4H2,1-2H3/b10-3+. The molecule has 0 aromatic heterocycles. The van der Waals surface area contributed by atoms with E-state index < -0.39 is 22.7 Å². The topological polar surface area (TPSA) is 43.4 Å². The fraction of sp³-hybridized carbons (Fsp3) is 0.333.